The van der Waals surface area contributed by atoms with E-state index >= 15 is 0 Å². The Kier molecular flexibility index (Phi) is 4.12. The van der Waals surface area contributed by atoms with E-state index in [4.69, 9.17) is 0 Å². The van der Waals surface area contributed by atoms with Crippen molar-refractivity contribution in [1.82, 2.24) is 10.2 Å². The van der Waals surface area contributed by atoms with Gasteiger partial charge in [-0.25, -0.2) is 0 Å². The fraction of sp³-hybridized carbons (Fsp3) is 0.400. The van der Waals surface area contributed by atoms with Gasteiger partial charge in [-0.1, -0.05) is 23.8 Å². The van der Waals surface area contributed by atoms with Crippen LogP contribution in [0.3, 0.4) is 0 Å². The molecule has 25 heavy (non-hydrogen) atoms. The largest absolute Gasteiger partial charge is 0.351 e. The van der Waals surface area contributed by atoms with Crippen LogP contribution in [0.1, 0.15) is 33.6 Å². The van der Waals surface area contributed by atoms with Gasteiger partial charge in [0.2, 0.25) is 5.91 Å². The van der Waals surface area contributed by atoms with Gasteiger partial charge in [0.1, 0.15) is 0 Å². The first kappa shape index (κ1) is 16.3. The maximum Gasteiger partial charge on any atom is 0.253 e. The Morgan fingerprint density at radius 1 is 1.32 bits per heavy atom. The van der Waals surface area contributed by atoms with E-state index < -0.39 is 0 Å². The van der Waals surface area contributed by atoms with Crippen LogP contribution in [0.2, 0.25) is 0 Å². The molecule has 1 aliphatic carbocycles. The Hall–Kier alpha value is -2.14. The van der Waals surface area contributed by atoms with E-state index in [1.165, 1.54) is 4.88 Å². The Morgan fingerprint density at radius 3 is 2.96 bits per heavy atom. The molecule has 0 radical (unpaired) electrons. The van der Waals surface area contributed by atoms with Gasteiger partial charge >= 0.3 is 0 Å². The maximum atomic E-state index is 12.7. The summed E-state index contributed by atoms with van der Waals surface area (Å²) in [6.45, 7) is 4.06. The quantitative estimate of drug-likeness (QED) is 0.916. The summed E-state index contributed by atoms with van der Waals surface area (Å²) in [7, 11) is 0. The third-order valence-electron chi connectivity index (χ3n) is 5.46. The first-order valence-electron chi connectivity index (χ1n) is 8.73. The van der Waals surface area contributed by atoms with Crippen molar-refractivity contribution in [2.45, 2.75) is 26.3 Å². The summed E-state index contributed by atoms with van der Waals surface area (Å²) in [5.74, 6) is 0.284. The molecule has 1 saturated heterocycles. The van der Waals surface area contributed by atoms with Crippen LogP contribution in [-0.4, -0.2) is 29.8 Å². The van der Waals surface area contributed by atoms with Crippen molar-refractivity contribution in [1.29, 1.82) is 0 Å². The zero-order valence-electron chi connectivity index (χ0n) is 14.3. The predicted octanol–water partition coefficient (Wildman–Crippen LogP) is 3.23. The number of rotatable bonds is 4. The van der Waals surface area contributed by atoms with Crippen LogP contribution in [0.4, 0.5) is 0 Å². The molecule has 4 rings (SSSR count). The molecule has 1 saturated carbocycles. The van der Waals surface area contributed by atoms with Crippen LogP contribution in [-0.2, 0) is 11.3 Å². The molecule has 2 amide bonds. The normalized spacial score (nSPS) is 24.5. The summed E-state index contributed by atoms with van der Waals surface area (Å²) in [5.41, 5.74) is 1.85. The van der Waals surface area contributed by atoms with Gasteiger partial charge in [-0.15, -0.1) is 11.3 Å². The molecule has 0 unspecified atom stereocenters. The third-order valence-corrected chi connectivity index (χ3v) is 6.34. The van der Waals surface area contributed by atoms with Gasteiger partial charge in [-0.2, -0.15) is 0 Å². The number of hydrogen-bond acceptors (Lipinski definition) is 3. The monoisotopic (exact) mass is 354 g/mol. The fourth-order valence-electron chi connectivity index (χ4n) is 3.91. The number of benzene rings is 1. The first-order chi connectivity index (χ1) is 12.1. The molecule has 4 nitrogen and oxygen atoms in total. The second-order valence-corrected chi connectivity index (χ2v) is 8.29. The minimum atomic E-state index is 0.0129. The highest BCUT2D eigenvalue weighted by molar-refractivity contribution is 7.09. The van der Waals surface area contributed by atoms with Gasteiger partial charge in [-0.3, -0.25) is 9.59 Å². The molecule has 1 aliphatic heterocycles. The lowest BCUT2D eigenvalue weighted by Crippen LogP contribution is -2.31. The van der Waals surface area contributed by atoms with E-state index in [0.717, 1.165) is 30.5 Å². The molecule has 2 atom stereocenters. The molecular formula is C20H22N2O2S. The van der Waals surface area contributed by atoms with Crippen LogP contribution in [0.25, 0.3) is 0 Å². The van der Waals surface area contributed by atoms with Gasteiger partial charge in [-0.05, 0) is 43.3 Å². The lowest BCUT2D eigenvalue weighted by Gasteiger charge is -2.17. The number of thiophene rings is 1. The first-order valence-corrected chi connectivity index (χ1v) is 9.61. The van der Waals surface area contributed by atoms with Crippen molar-refractivity contribution in [3.8, 4) is 0 Å². The number of aryl methyl sites for hydroxylation is 1. The SMILES string of the molecule is Cc1cccc(C(=O)N2CC[C@@]3(C[C@H]3C(=O)NCc3cccs3)C2)c1. The Bertz CT molecular complexity index is 802. The van der Waals surface area contributed by atoms with E-state index in [1.807, 2.05) is 53.6 Å². The second-order valence-electron chi connectivity index (χ2n) is 7.26. The van der Waals surface area contributed by atoms with Crippen LogP contribution >= 0.6 is 11.3 Å². The summed E-state index contributed by atoms with van der Waals surface area (Å²) in [6, 6.07) is 11.8. The maximum absolute atomic E-state index is 12.7. The van der Waals surface area contributed by atoms with Gasteiger partial charge in [0, 0.05) is 34.9 Å². The lowest BCUT2D eigenvalue weighted by atomic mass is 10.0. The zero-order valence-corrected chi connectivity index (χ0v) is 15.1. The van der Waals surface area contributed by atoms with E-state index in [2.05, 4.69) is 5.32 Å². The fourth-order valence-corrected chi connectivity index (χ4v) is 4.55. The highest BCUT2D eigenvalue weighted by Gasteiger charge is 2.61. The summed E-state index contributed by atoms with van der Waals surface area (Å²) in [4.78, 5) is 28.2. The van der Waals surface area contributed by atoms with Gasteiger partial charge in [0.15, 0.2) is 0 Å². The second kappa shape index (κ2) is 6.30. The van der Waals surface area contributed by atoms with Crippen molar-refractivity contribution < 1.29 is 9.59 Å². The van der Waals surface area contributed by atoms with Gasteiger partial charge in [0.05, 0.1) is 6.54 Å². The Labute approximate surface area is 151 Å². The highest BCUT2D eigenvalue weighted by Crippen LogP contribution is 2.58. The molecule has 5 heteroatoms. The molecular weight excluding hydrogens is 332 g/mol. The smallest absolute Gasteiger partial charge is 0.253 e. The van der Waals surface area contributed by atoms with Crippen LogP contribution < -0.4 is 5.32 Å². The average Bonchev–Trinajstić information content (AvgIpc) is 2.95. The Balaban J connectivity index is 1.35. The topological polar surface area (TPSA) is 49.4 Å². The molecule has 2 fully saturated rings. The summed E-state index contributed by atoms with van der Waals surface area (Å²) in [5, 5.41) is 5.07. The number of nitrogens with zero attached hydrogens (tertiary/aromatic N) is 1. The molecule has 1 aromatic heterocycles. The van der Waals surface area contributed by atoms with E-state index in [-0.39, 0.29) is 23.1 Å². The molecule has 2 heterocycles. The van der Waals surface area contributed by atoms with Gasteiger partial charge in [0.25, 0.3) is 5.91 Å². The van der Waals surface area contributed by atoms with E-state index in [9.17, 15) is 9.59 Å². The number of amides is 2. The number of likely N-dealkylation sites (tertiary alicyclic amines) is 1. The predicted molar refractivity (Wildman–Crippen MR) is 98.4 cm³/mol. The molecule has 1 N–H and O–H groups in total. The average molecular weight is 354 g/mol. The van der Waals surface area contributed by atoms with Crippen molar-refractivity contribution in [2.24, 2.45) is 11.3 Å². The van der Waals surface area contributed by atoms with E-state index in [1.54, 1.807) is 11.3 Å². The number of carbonyl (C=O) groups is 2. The number of nitrogens with one attached hydrogen (secondary N) is 1. The zero-order chi connectivity index (χ0) is 17.4. The van der Waals surface area contributed by atoms with Crippen LogP contribution in [0, 0.1) is 18.3 Å². The Morgan fingerprint density at radius 2 is 2.20 bits per heavy atom. The minimum absolute atomic E-state index is 0.0129. The van der Waals surface area contributed by atoms with Gasteiger partial charge < -0.3 is 10.2 Å². The summed E-state index contributed by atoms with van der Waals surface area (Å²) < 4.78 is 0. The van der Waals surface area contributed by atoms with Crippen LogP contribution in [0.15, 0.2) is 41.8 Å². The molecule has 1 spiro atoms. The minimum Gasteiger partial charge on any atom is -0.351 e. The molecule has 2 aliphatic rings. The van der Waals surface area contributed by atoms with Crippen molar-refractivity contribution >= 4 is 23.2 Å². The molecule has 130 valence electrons. The molecule has 2 aromatic rings. The number of hydrogen-bond donors (Lipinski definition) is 1. The van der Waals surface area contributed by atoms with Crippen molar-refractivity contribution in [2.75, 3.05) is 13.1 Å². The lowest BCUT2D eigenvalue weighted by molar-refractivity contribution is -0.123. The van der Waals surface area contributed by atoms with Crippen molar-refractivity contribution in [3.63, 3.8) is 0 Å². The highest BCUT2D eigenvalue weighted by atomic mass is 32.1. The summed E-state index contributed by atoms with van der Waals surface area (Å²) in [6.07, 6.45) is 1.84. The van der Waals surface area contributed by atoms with Crippen LogP contribution in [0.5, 0.6) is 0 Å². The molecule has 1 aromatic carbocycles. The van der Waals surface area contributed by atoms with Crippen molar-refractivity contribution in [3.05, 3.63) is 57.8 Å². The standard InChI is InChI=1S/C20H22N2O2S/c1-14-4-2-5-15(10-14)19(24)22-8-7-20(13-22)11-17(20)18(23)21-12-16-6-3-9-25-16/h2-6,9-10,17H,7-8,11-13H2,1H3,(H,21,23)/t17-,20+/m0/s1. The van der Waals surface area contributed by atoms with E-state index in [0.29, 0.717) is 13.1 Å². The summed E-state index contributed by atoms with van der Waals surface area (Å²) >= 11 is 1.66. The molecule has 0 bridgehead atoms. The third kappa shape index (κ3) is 3.21. The number of carbonyl (C=O) groups excluding carboxylic acids is 2.